The van der Waals surface area contributed by atoms with Crippen LogP contribution in [0.1, 0.15) is 65.7 Å². The Hall–Kier alpha value is -2.76. The molecule has 192 valence electrons. The molecule has 3 aromatic rings. The second-order valence-corrected chi connectivity index (χ2v) is 12.2. The van der Waals surface area contributed by atoms with Crippen molar-refractivity contribution in [1.82, 2.24) is 9.80 Å². The number of nitrogens with zero attached hydrogens (tertiary/aromatic N) is 2. The van der Waals surface area contributed by atoms with Gasteiger partial charge in [0.25, 0.3) is 5.91 Å². The van der Waals surface area contributed by atoms with Crippen LogP contribution in [0, 0.1) is 5.92 Å². The average Bonchev–Trinajstić information content (AvgIpc) is 3.53. The quantitative estimate of drug-likeness (QED) is 0.365. The minimum Gasteiger partial charge on any atom is -0.508 e. The summed E-state index contributed by atoms with van der Waals surface area (Å²) in [6, 6.07) is 24.1. The highest BCUT2D eigenvalue weighted by molar-refractivity contribution is 7.99. The molecule has 0 radical (unpaired) electrons. The highest BCUT2D eigenvalue weighted by Gasteiger charge is 2.56. The van der Waals surface area contributed by atoms with Gasteiger partial charge in [0.05, 0.1) is 6.04 Å². The third kappa shape index (κ3) is 4.92. The van der Waals surface area contributed by atoms with Crippen molar-refractivity contribution in [2.24, 2.45) is 5.92 Å². The lowest BCUT2D eigenvalue weighted by Crippen LogP contribution is -2.49. The van der Waals surface area contributed by atoms with Crippen molar-refractivity contribution in [3.63, 3.8) is 0 Å². The average molecular weight is 513 g/mol. The normalized spacial score (nSPS) is 22.2. The molecule has 1 saturated carbocycles. The number of phenols is 1. The number of fused-ring (bicyclic) bond motifs is 1. The molecule has 0 unspecified atom stereocenters. The van der Waals surface area contributed by atoms with Gasteiger partial charge in [0, 0.05) is 28.3 Å². The number of hydrogen-bond acceptors (Lipinski definition) is 4. The van der Waals surface area contributed by atoms with Gasteiger partial charge in [-0.3, -0.25) is 4.79 Å². The van der Waals surface area contributed by atoms with E-state index < -0.39 is 0 Å². The van der Waals surface area contributed by atoms with Gasteiger partial charge in [-0.15, -0.1) is 11.8 Å². The number of carbonyl (C=O) groups is 1. The zero-order chi connectivity index (χ0) is 25.4. The summed E-state index contributed by atoms with van der Waals surface area (Å²) in [6.45, 7) is 5.94. The summed E-state index contributed by atoms with van der Waals surface area (Å²) in [5, 5.41) is 10.2. The van der Waals surface area contributed by atoms with Gasteiger partial charge >= 0.3 is 0 Å². The molecule has 1 N–H and O–H groups in total. The first-order valence-electron chi connectivity index (χ1n) is 13.7. The van der Waals surface area contributed by atoms with E-state index in [2.05, 4.69) is 41.0 Å². The van der Waals surface area contributed by atoms with Crippen molar-refractivity contribution in [3.8, 4) is 5.75 Å². The van der Waals surface area contributed by atoms with E-state index in [0.29, 0.717) is 5.75 Å². The van der Waals surface area contributed by atoms with Crippen molar-refractivity contribution in [1.29, 1.82) is 0 Å². The Labute approximate surface area is 224 Å². The molecule has 5 heteroatoms. The zero-order valence-electron chi connectivity index (χ0n) is 21.6. The van der Waals surface area contributed by atoms with E-state index in [1.165, 1.54) is 37.4 Å². The first-order valence-corrected chi connectivity index (χ1v) is 14.7. The Morgan fingerprint density at radius 3 is 2.57 bits per heavy atom. The number of rotatable bonds is 7. The van der Waals surface area contributed by atoms with E-state index in [0.717, 1.165) is 53.2 Å². The molecule has 1 saturated heterocycles. The van der Waals surface area contributed by atoms with Crippen LogP contribution < -0.4 is 0 Å². The third-order valence-corrected chi connectivity index (χ3v) is 9.61. The standard InChI is InChI=1S/C32H36N2O2S/c1-2-17-33-18-14-23(21-33)22-37-28-11-8-24(9-12-28)30-29-13-10-27(35)19-26(29)20-32(15-16-32)34(30)31(36)25-6-4-3-5-7-25/h3-13,19,23,30,35H,2,14-18,20-22H2,1H3/t23-,30+/m0/s1. The Morgan fingerprint density at radius 1 is 1.05 bits per heavy atom. The molecule has 0 aromatic heterocycles. The Morgan fingerprint density at radius 2 is 1.84 bits per heavy atom. The van der Waals surface area contributed by atoms with Crippen LogP contribution in [0.3, 0.4) is 0 Å². The molecule has 6 rings (SSSR count). The van der Waals surface area contributed by atoms with E-state index in [-0.39, 0.29) is 17.5 Å². The summed E-state index contributed by atoms with van der Waals surface area (Å²) in [5.74, 6) is 2.32. The van der Waals surface area contributed by atoms with Crippen LogP contribution in [0.15, 0.2) is 77.7 Å². The molecule has 2 atom stereocenters. The lowest BCUT2D eigenvalue weighted by Gasteiger charge is -2.44. The Bertz CT molecular complexity index is 1260. The second kappa shape index (κ2) is 10.2. The van der Waals surface area contributed by atoms with Gasteiger partial charge in [0.1, 0.15) is 5.75 Å². The number of likely N-dealkylation sites (tertiary alicyclic amines) is 1. The van der Waals surface area contributed by atoms with Crippen molar-refractivity contribution in [2.75, 3.05) is 25.4 Å². The molecule has 1 aliphatic carbocycles. The lowest BCUT2D eigenvalue weighted by atomic mass is 9.82. The molecular weight excluding hydrogens is 476 g/mol. The highest BCUT2D eigenvalue weighted by atomic mass is 32.2. The molecule has 37 heavy (non-hydrogen) atoms. The second-order valence-electron chi connectivity index (χ2n) is 11.1. The van der Waals surface area contributed by atoms with E-state index in [9.17, 15) is 9.90 Å². The predicted octanol–water partition coefficient (Wildman–Crippen LogP) is 6.54. The van der Waals surface area contributed by atoms with Crippen LogP contribution in [0.4, 0.5) is 0 Å². The SMILES string of the molecule is CCCN1CC[C@H](CSc2ccc([C@@H]3c4ccc(O)cc4CC4(CC4)N3C(=O)c3ccccc3)cc2)C1. The molecule has 2 fully saturated rings. The first-order chi connectivity index (χ1) is 18.1. The van der Waals surface area contributed by atoms with Crippen LogP contribution in [0.25, 0.3) is 0 Å². The molecule has 3 aromatic carbocycles. The van der Waals surface area contributed by atoms with Gasteiger partial charge in [-0.1, -0.05) is 43.3 Å². The maximum Gasteiger partial charge on any atom is 0.255 e. The largest absolute Gasteiger partial charge is 0.508 e. The van der Waals surface area contributed by atoms with Gasteiger partial charge in [0.15, 0.2) is 0 Å². The van der Waals surface area contributed by atoms with Crippen LogP contribution in [0.2, 0.25) is 0 Å². The van der Waals surface area contributed by atoms with Crippen molar-refractivity contribution >= 4 is 17.7 Å². The summed E-state index contributed by atoms with van der Waals surface area (Å²) in [7, 11) is 0. The number of carbonyl (C=O) groups excluding carboxylic acids is 1. The third-order valence-electron chi connectivity index (χ3n) is 8.37. The Kier molecular flexibility index (Phi) is 6.76. The summed E-state index contributed by atoms with van der Waals surface area (Å²) in [5.41, 5.74) is 4.00. The molecule has 1 spiro atoms. The van der Waals surface area contributed by atoms with Gasteiger partial charge in [-0.25, -0.2) is 0 Å². The lowest BCUT2D eigenvalue weighted by molar-refractivity contribution is 0.0541. The molecule has 1 amide bonds. The summed E-state index contributed by atoms with van der Waals surface area (Å²) in [4.78, 5) is 20.0. The van der Waals surface area contributed by atoms with Crippen molar-refractivity contribution in [2.45, 2.75) is 55.5 Å². The summed E-state index contributed by atoms with van der Waals surface area (Å²) < 4.78 is 0. The zero-order valence-corrected chi connectivity index (χ0v) is 22.4. The topological polar surface area (TPSA) is 43.8 Å². The maximum atomic E-state index is 14.0. The molecule has 4 nitrogen and oxygen atoms in total. The number of thioether (sulfide) groups is 1. The van der Waals surface area contributed by atoms with Crippen LogP contribution >= 0.6 is 11.8 Å². The van der Waals surface area contributed by atoms with Gasteiger partial charge in [0.2, 0.25) is 0 Å². The van der Waals surface area contributed by atoms with Gasteiger partial charge in [-0.05, 0) is 104 Å². The Balaban J connectivity index is 1.28. The smallest absolute Gasteiger partial charge is 0.255 e. The fourth-order valence-corrected chi connectivity index (χ4v) is 7.37. The van der Waals surface area contributed by atoms with Crippen LogP contribution in [-0.4, -0.2) is 51.7 Å². The van der Waals surface area contributed by atoms with E-state index in [4.69, 9.17) is 0 Å². The fourth-order valence-electron chi connectivity index (χ4n) is 6.34. The number of aromatic hydroxyl groups is 1. The number of benzene rings is 3. The van der Waals surface area contributed by atoms with Crippen molar-refractivity contribution < 1.29 is 9.90 Å². The fraction of sp³-hybridized carbons (Fsp3) is 0.406. The summed E-state index contributed by atoms with van der Waals surface area (Å²) in [6.07, 6.45) is 5.34. The molecule has 2 aliphatic heterocycles. The van der Waals surface area contributed by atoms with Gasteiger partial charge in [-0.2, -0.15) is 0 Å². The molecule has 0 bridgehead atoms. The first kappa shape index (κ1) is 24.6. The predicted molar refractivity (Wildman–Crippen MR) is 150 cm³/mol. The highest BCUT2D eigenvalue weighted by Crippen LogP contribution is 2.55. The van der Waals surface area contributed by atoms with Crippen LogP contribution in [-0.2, 0) is 6.42 Å². The maximum absolute atomic E-state index is 14.0. The van der Waals surface area contributed by atoms with E-state index in [1.807, 2.05) is 54.2 Å². The van der Waals surface area contributed by atoms with Crippen LogP contribution in [0.5, 0.6) is 5.75 Å². The molecular formula is C32H36N2O2S. The number of amides is 1. The molecule has 2 heterocycles. The number of phenolic OH excluding ortho intramolecular Hbond substituents is 1. The molecule has 3 aliphatic rings. The number of hydrogen-bond donors (Lipinski definition) is 1. The summed E-state index contributed by atoms with van der Waals surface area (Å²) >= 11 is 1.96. The minimum absolute atomic E-state index is 0.0955. The minimum atomic E-state index is -0.168. The van der Waals surface area contributed by atoms with Crippen molar-refractivity contribution in [3.05, 3.63) is 95.1 Å². The van der Waals surface area contributed by atoms with E-state index in [1.54, 1.807) is 6.07 Å². The van der Waals surface area contributed by atoms with E-state index >= 15 is 0 Å². The van der Waals surface area contributed by atoms with Gasteiger partial charge < -0.3 is 14.9 Å². The monoisotopic (exact) mass is 512 g/mol.